The average molecular weight is 292 g/mol. The highest BCUT2D eigenvalue weighted by molar-refractivity contribution is 6.69. The van der Waals surface area contributed by atoms with Crippen LogP contribution in [0.4, 0.5) is 0 Å². The molecule has 0 aliphatic carbocycles. The molecule has 3 rings (SSSR count). The Balaban J connectivity index is 1.80. The lowest BCUT2D eigenvalue weighted by Gasteiger charge is -2.45. The highest BCUT2D eigenvalue weighted by Crippen LogP contribution is 2.39. The second-order valence-corrected chi connectivity index (χ2v) is 8.49. The largest absolute Gasteiger partial charge is 0.415 e. The minimum absolute atomic E-state index is 0.659. The van der Waals surface area contributed by atoms with Crippen LogP contribution in [-0.4, -0.2) is 42.1 Å². The molecular weight excluding hydrogens is 268 g/mol. The summed E-state index contributed by atoms with van der Waals surface area (Å²) in [5.41, 5.74) is 0.659. The van der Waals surface area contributed by atoms with Crippen LogP contribution < -0.4 is 5.19 Å². The van der Waals surface area contributed by atoms with Gasteiger partial charge in [0.25, 0.3) is 0 Å². The van der Waals surface area contributed by atoms with Gasteiger partial charge in [-0.3, -0.25) is 0 Å². The smallest absolute Gasteiger partial charge is 0.212 e. The number of benzene rings is 1. The van der Waals surface area contributed by atoms with Crippen LogP contribution in [0.5, 0.6) is 0 Å². The lowest BCUT2D eigenvalue weighted by atomic mass is 9.91. The molecule has 20 heavy (non-hydrogen) atoms. The lowest BCUT2D eigenvalue weighted by Crippen LogP contribution is -2.53. The second-order valence-electron chi connectivity index (χ2n) is 5.87. The van der Waals surface area contributed by atoms with Gasteiger partial charge in [-0.1, -0.05) is 37.3 Å². The molecule has 2 aliphatic heterocycles. The van der Waals surface area contributed by atoms with E-state index >= 15 is 0 Å². The molecule has 1 aromatic carbocycles. The molecule has 2 aliphatic rings. The maximum atomic E-state index is 6.38. The normalized spacial score (nSPS) is 21.5. The predicted molar refractivity (Wildman–Crippen MR) is 81.8 cm³/mol. The topological polar surface area (TPSA) is 27.7 Å². The van der Waals surface area contributed by atoms with Gasteiger partial charge in [-0.25, -0.2) is 0 Å². The molecule has 1 aromatic rings. The number of hydrogen-bond acceptors (Lipinski definition) is 3. The van der Waals surface area contributed by atoms with Gasteiger partial charge < -0.3 is 13.9 Å². The highest BCUT2D eigenvalue weighted by atomic mass is 28.3. The van der Waals surface area contributed by atoms with Crippen LogP contribution in [0, 0.1) is 11.8 Å². The summed E-state index contributed by atoms with van der Waals surface area (Å²) in [4.78, 5) is 0. The Morgan fingerprint density at radius 2 is 1.70 bits per heavy atom. The van der Waals surface area contributed by atoms with Gasteiger partial charge in [0, 0.05) is 18.4 Å². The number of hydrogen-bond donors (Lipinski definition) is 0. The maximum Gasteiger partial charge on any atom is 0.212 e. The summed E-state index contributed by atoms with van der Waals surface area (Å²) in [6.45, 7) is 6.70. The molecule has 2 heterocycles. The Bertz CT molecular complexity index is 389. The second kappa shape index (κ2) is 6.85. The summed E-state index contributed by atoms with van der Waals surface area (Å²) < 4.78 is 17.3. The van der Waals surface area contributed by atoms with Gasteiger partial charge in [0.15, 0.2) is 0 Å². The monoisotopic (exact) mass is 292 g/mol. The molecule has 2 fully saturated rings. The molecular formula is C16H24O3Si. The van der Waals surface area contributed by atoms with Gasteiger partial charge in [0.05, 0.1) is 26.4 Å². The third-order valence-electron chi connectivity index (χ3n) is 4.40. The van der Waals surface area contributed by atoms with Crippen LogP contribution in [0.15, 0.2) is 30.3 Å². The van der Waals surface area contributed by atoms with Crippen molar-refractivity contribution in [1.29, 1.82) is 0 Å². The van der Waals surface area contributed by atoms with Crippen molar-refractivity contribution in [3.63, 3.8) is 0 Å². The third kappa shape index (κ3) is 2.98. The molecule has 0 spiro atoms. The van der Waals surface area contributed by atoms with E-state index in [9.17, 15) is 0 Å². The van der Waals surface area contributed by atoms with E-state index in [0.717, 1.165) is 39.5 Å². The standard InChI is InChI=1S/C16H24O3Si/c1-2-8-19-20(15-6-4-3-5-7-15)16(13-9-17-10-13)14-11-18-12-14/h3-7,13-14,16,20H,2,8-12H2,1H3. The molecule has 110 valence electrons. The summed E-state index contributed by atoms with van der Waals surface area (Å²) in [7, 11) is -1.43. The van der Waals surface area contributed by atoms with Gasteiger partial charge in [0.2, 0.25) is 9.04 Å². The number of rotatable bonds is 7. The van der Waals surface area contributed by atoms with Crippen LogP contribution in [0.25, 0.3) is 0 Å². The van der Waals surface area contributed by atoms with Crippen molar-refractivity contribution in [2.75, 3.05) is 33.0 Å². The van der Waals surface area contributed by atoms with Crippen molar-refractivity contribution in [3.05, 3.63) is 30.3 Å². The Hall–Kier alpha value is -0.683. The maximum absolute atomic E-state index is 6.38. The van der Waals surface area contributed by atoms with E-state index in [-0.39, 0.29) is 0 Å². The molecule has 0 amide bonds. The van der Waals surface area contributed by atoms with Crippen molar-refractivity contribution < 1.29 is 13.9 Å². The summed E-state index contributed by atoms with van der Waals surface area (Å²) in [6.07, 6.45) is 1.09. The van der Waals surface area contributed by atoms with Crippen LogP contribution in [-0.2, 0) is 13.9 Å². The average Bonchev–Trinajstić information content (AvgIpc) is 2.36. The van der Waals surface area contributed by atoms with E-state index in [1.807, 2.05) is 0 Å². The Morgan fingerprint density at radius 3 is 2.15 bits per heavy atom. The van der Waals surface area contributed by atoms with Crippen LogP contribution >= 0.6 is 0 Å². The first kappa shape index (κ1) is 14.3. The Kier molecular flexibility index (Phi) is 4.88. The van der Waals surface area contributed by atoms with E-state index < -0.39 is 9.04 Å². The van der Waals surface area contributed by atoms with Crippen LogP contribution in [0.2, 0.25) is 5.54 Å². The molecule has 3 nitrogen and oxygen atoms in total. The molecule has 0 N–H and O–H groups in total. The van der Waals surface area contributed by atoms with E-state index in [0.29, 0.717) is 17.4 Å². The minimum atomic E-state index is -1.43. The predicted octanol–water partition coefficient (Wildman–Crippen LogP) is 1.71. The molecule has 2 saturated heterocycles. The molecule has 0 saturated carbocycles. The van der Waals surface area contributed by atoms with Gasteiger partial charge in [-0.2, -0.15) is 0 Å². The van der Waals surface area contributed by atoms with Crippen molar-refractivity contribution >= 4 is 14.2 Å². The van der Waals surface area contributed by atoms with Gasteiger partial charge in [-0.15, -0.1) is 0 Å². The van der Waals surface area contributed by atoms with Gasteiger partial charge in [0.1, 0.15) is 0 Å². The lowest BCUT2D eigenvalue weighted by molar-refractivity contribution is -0.0918. The van der Waals surface area contributed by atoms with Gasteiger partial charge >= 0.3 is 0 Å². The zero-order chi connectivity index (χ0) is 13.8. The minimum Gasteiger partial charge on any atom is -0.415 e. The first-order valence-corrected chi connectivity index (χ1v) is 9.43. The summed E-state index contributed by atoms with van der Waals surface area (Å²) in [5, 5.41) is 1.43. The van der Waals surface area contributed by atoms with Crippen LogP contribution in [0.1, 0.15) is 13.3 Å². The number of ether oxygens (including phenoxy) is 2. The fourth-order valence-electron chi connectivity index (χ4n) is 3.15. The van der Waals surface area contributed by atoms with E-state index in [1.54, 1.807) is 0 Å². The SMILES string of the molecule is CCCO[SiH](c1ccccc1)C(C1COC1)C1COC1. The molecule has 0 bridgehead atoms. The van der Waals surface area contributed by atoms with Crippen molar-refractivity contribution in [1.82, 2.24) is 0 Å². The Morgan fingerprint density at radius 1 is 1.10 bits per heavy atom. The quantitative estimate of drug-likeness (QED) is 0.716. The molecule has 4 heteroatoms. The van der Waals surface area contributed by atoms with E-state index in [2.05, 4.69) is 37.3 Å². The summed E-state index contributed by atoms with van der Waals surface area (Å²) in [5.74, 6) is 1.36. The molecule has 0 aromatic heterocycles. The Labute approximate surface area is 123 Å². The van der Waals surface area contributed by atoms with Crippen LogP contribution in [0.3, 0.4) is 0 Å². The van der Waals surface area contributed by atoms with Gasteiger partial charge in [-0.05, 0) is 17.1 Å². The van der Waals surface area contributed by atoms with E-state index in [4.69, 9.17) is 13.9 Å². The fourth-order valence-corrected chi connectivity index (χ4v) is 6.53. The molecule has 0 radical (unpaired) electrons. The molecule has 1 unspecified atom stereocenters. The first-order valence-electron chi connectivity index (χ1n) is 7.72. The van der Waals surface area contributed by atoms with Crippen molar-refractivity contribution in [2.45, 2.75) is 18.9 Å². The van der Waals surface area contributed by atoms with Crippen molar-refractivity contribution in [3.8, 4) is 0 Å². The zero-order valence-corrected chi connectivity index (χ0v) is 13.3. The summed E-state index contributed by atoms with van der Waals surface area (Å²) >= 11 is 0. The third-order valence-corrected chi connectivity index (χ3v) is 7.82. The highest BCUT2D eigenvalue weighted by Gasteiger charge is 2.44. The fraction of sp³-hybridized carbons (Fsp3) is 0.625. The van der Waals surface area contributed by atoms with E-state index in [1.165, 1.54) is 5.19 Å². The first-order chi connectivity index (χ1) is 9.90. The zero-order valence-electron chi connectivity index (χ0n) is 12.2. The molecule has 1 atom stereocenters. The van der Waals surface area contributed by atoms with Crippen molar-refractivity contribution in [2.24, 2.45) is 11.8 Å². The summed E-state index contributed by atoms with van der Waals surface area (Å²) in [6, 6.07) is 10.9.